The van der Waals surface area contributed by atoms with E-state index in [1.807, 2.05) is 0 Å². The van der Waals surface area contributed by atoms with Crippen LogP contribution in [0.4, 0.5) is 15.9 Å². The minimum atomic E-state index is -1.07. The quantitative estimate of drug-likeness (QED) is 0.675. The molecule has 0 radical (unpaired) electrons. The summed E-state index contributed by atoms with van der Waals surface area (Å²) in [5.74, 6) is -1.83. The number of halogens is 1. The Morgan fingerprint density at radius 3 is 2.70 bits per heavy atom. The summed E-state index contributed by atoms with van der Waals surface area (Å²) in [5.41, 5.74) is 0.456. The summed E-state index contributed by atoms with van der Waals surface area (Å²) < 4.78 is 18.8. The molecule has 1 heterocycles. The molecule has 0 aliphatic carbocycles. The van der Waals surface area contributed by atoms with Gasteiger partial charge in [0.1, 0.15) is 11.5 Å². The minimum Gasteiger partial charge on any atom is -0.473 e. The van der Waals surface area contributed by atoms with Crippen LogP contribution in [-0.2, 0) is 4.79 Å². The highest BCUT2D eigenvalue weighted by Crippen LogP contribution is 2.25. The number of pyridine rings is 1. The van der Waals surface area contributed by atoms with Gasteiger partial charge in [0.25, 0.3) is 5.91 Å². The SMILES string of the molecule is Cc1ccc(O[C@@H](C)C(=O)Nc2ccccc2F)c([N+](=O)[O-])n1. The number of aryl methyl sites for hydroxylation is 1. The van der Waals surface area contributed by atoms with Crippen LogP contribution in [0.3, 0.4) is 0 Å². The molecule has 2 rings (SSSR count). The third-order valence-corrected chi connectivity index (χ3v) is 2.96. The van der Waals surface area contributed by atoms with Crippen LogP contribution in [0.2, 0.25) is 0 Å². The Morgan fingerprint density at radius 2 is 2.04 bits per heavy atom. The highest BCUT2D eigenvalue weighted by molar-refractivity contribution is 5.94. The molecule has 0 saturated carbocycles. The third kappa shape index (κ3) is 4.00. The summed E-state index contributed by atoms with van der Waals surface area (Å²) in [6, 6.07) is 8.56. The van der Waals surface area contributed by atoms with E-state index in [-0.39, 0.29) is 11.4 Å². The number of carbonyl (C=O) groups is 1. The fourth-order valence-corrected chi connectivity index (χ4v) is 1.79. The lowest BCUT2D eigenvalue weighted by Gasteiger charge is -2.14. The second-order valence-corrected chi connectivity index (χ2v) is 4.76. The van der Waals surface area contributed by atoms with E-state index >= 15 is 0 Å². The first-order chi connectivity index (χ1) is 10.9. The monoisotopic (exact) mass is 319 g/mol. The number of aromatic nitrogens is 1. The topological polar surface area (TPSA) is 94.4 Å². The van der Waals surface area contributed by atoms with Crippen LogP contribution in [0.25, 0.3) is 0 Å². The third-order valence-electron chi connectivity index (χ3n) is 2.96. The van der Waals surface area contributed by atoms with Gasteiger partial charge in [0.15, 0.2) is 6.10 Å². The molecule has 8 heteroatoms. The standard InChI is InChI=1S/C15H14FN3O4/c1-9-7-8-13(14(17-9)19(21)22)23-10(2)15(20)18-12-6-4-3-5-11(12)16/h3-8,10H,1-2H3,(H,18,20)/t10-/m0/s1. The van der Waals surface area contributed by atoms with Crippen molar-refractivity contribution in [2.75, 3.05) is 5.32 Å². The Kier molecular flexibility index (Phi) is 4.85. The number of anilines is 1. The average Bonchev–Trinajstić information content (AvgIpc) is 2.51. The summed E-state index contributed by atoms with van der Waals surface area (Å²) in [5, 5.41) is 13.3. The smallest absolute Gasteiger partial charge is 0.406 e. The van der Waals surface area contributed by atoms with Crippen molar-refractivity contribution in [3.8, 4) is 5.75 Å². The second kappa shape index (κ2) is 6.82. The van der Waals surface area contributed by atoms with E-state index in [4.69, 9.17) is 4.74 Å². The van der Waals surface area contributed by atoms with Crippen molar-refractivity contribution in [1.82, 2.24) is 4.98 Å². The van der Waals surface area contributed by atoms with Crippen molar-refractivity contribution in [2.24, 2.45) is 0 Å². The van der Waals surface area contributed by atoms with Crippen molar-refractivity contribution in [3.05, 3.63) is 58.0 Å². The van der Waals surface area contributed by atoms with Crippen molar-refractivity contribution in [2.45, 2.75) is 20.0 Å². The molecule has 1 atom stereocenters. The number of nitro groups is 1. The van der Waals surface area contributed by atoms with Gasteiger partial charge in [-0.15, -0.1) is 0 Å². The summed E-state index contributed by atoms with van der Waals surface area (Å²) >= 11 is 0. The lowest BCUT2D eigenvalue weighted by atomic mass is 10.3. The van der Waals surface area contributed by atoms with E-state index < -0.39 is 28.6 Å². The molecule has 0 aliphatic rings. The summed E-state index contributed by atoms with van der Waals surface area (Å²) in [6.45, 7) is 3.00. The van der Waals surface area contributed by atoms with E-state index in [1.165, 1.54) is 37.3 Å². The largest absolute Gasteiger partial charge is 0.473 e. The van der Waals surface area contributed by atoms with Crippen LogP contribution in [0.5, 0.6) is 5.75 Å². The van der Waals surface area contributed by atoms with Gasteiger partial charge in [-0.1, -0.05) is 12.1 Å². The van der Waals surface area contributed by atoms with Gasteiger partial charge in [0.05, 0.1) is 5.69 Å². The van der Waals surface area contributed by atoms with Gasteiger partial charge in [-0.25, -0.2) is 4.39 Å². The highest BCUT2D eigenvalue weighted by Gasteiger charge is 2.23. The fraction of sp³-hybridized carbons (Fsp3) is 0.200. The molecule has 0 unspecified atom stereocenters. The minimum absolute atomic E-state index is 0.00415. The molecule has 7 nitrogen and oxygen atoms in total. The molecule has 0 aliphatic heterocycles. The number of rotatable bonds is 5. The number of carbonyl (C=O) groups excluding carboxylic acids is 1. The van der Waals surface area contributed by atoms with Crippen molar-refractivity contribution in [1.29, 1.82) is 0 Å². The number of hydrogen-bond acceptors (Lipinski definition) is 5. The van der Waals surface area contributed by atoms with Gasteiger partial charge in [-0.05, 0) is 41.1 Å². The van der Waals surface area contributed by atoms with Crippen molar-refractivity contribution >= 4 is 17.4 Å². The molecule has 1 aromatic heterocycles. The summed E-state index contributed by atoms with van der Waals surface area (Å²) in [4.78, 5) is 26.1. The molecule has 2 aromatic rings. The van der Waals surface area contributed by atoms with Crippen LogP contribution >= 0.6 is 0 Å². The van der Waals surface area contributed by atoms with E-state index in [0.29, 0.717) is 5.69 Å². The molecular weight excluding hydrogens is 305 g/mol. The molecule has 1 N–H and O–H groups in total. The predicted octanol–water partition coefficient (Wildman–Crippen LogP) is 2.84. The zero-order valence-electron chi connectivity index (χ0n) is 12.4. The zero-order chi connectivity index (χ0) is 17.0. The number of para-hydroxylation sites is 1. The Balaban J connectivity index is 2.13. The lowest BCUT2D eigenvalue weighted by Crippen LogP contribution is -2.30. The molecule has 1 amide bonds. The van der Waals surface area contributed by atoms with Gasteiger partial charge in [0, 0.05) is 6.92 Å². The van der Waals surface area contributed by atoms with Crippen LogP contribution in [0.1, 0.15) is 12.6 Å². The first-order valence-corrected chi connectivity index (χ1v) is 6.72. The van der Waals surface area contributed by atoms with Gasteiger partial charge in [0.2, 0.25) is 5.75 Å². The molecule has 23 heavy (non-hydrogen) atoms. The van der Waals surface area contributed by atoms with E-state index in [0.717, 1.165) is 0 Å². The maximum atomic E-state index is 13.5. The van der Waals surface area contributed by atoms with Crippen LogP contribution in [-0.4, -0.2) is 21.9 Å². The number of nitrogens with zero attached hydrogens (tertiary/aromatic N) is 2. The Labute approximate surface area is 131 Å². The van der Waals surface area contributed by atoms with Crippen LogP contribution in [0.15, 0.2) is 36.4 Å². The first kappa shape index (κ1) is 16.3. The van der Waals surface area contributed by atoms with Gasteiger partial charge in [-0.2, -0.15) is 0 Å². The normalized spacial score (nSPS) is 11.6. The van der Waals surface area contributed by atoms with Gasteiger partial charge < -0.3 is 20.2 Å². The van der Waals surface area contributed by atoms with E-state index in [2.05, 4.69) is 10.3 Å². The lowest BCUT2D eigenvalue weighted by molar-refractivity contribution is -0.390. The Morgan fingerprint density at radius 1 is 1.35 bits per heavy atom. The molecule has 0 fully saturated rings. The molecule has 0 saturated heterocycles. The molecular formula is C15H14FN3O4. The fourth-order valence-electron chi connectivity index (χ4n) is 1.79. The maximum Gasteiger partial charge on any atom is 0.406 e. The van der Waals surface area contributed by atoms with Gasteiger partial charge in [-0.3, -0.25) is 4.79 Å². The molecule has 120 valence electrons. The highest BCUT2D eigenvalue weighted by atomic mass is 19.1. The number of nitrogens with one attached hydrogen (secondary N) is 1. The number of amides is 1. The van der Waals surface area contributed by atoms with Crippen molar-refractivity contribution in [3.63, 3.8) is 0 Å². The molecule has 0 bridgehead atoms. The van der Waals surface area contributed by atoms with Gasteiger partial charge >= 0.3 is 5.82 Å². The number of benzene rings is 1. The number of ether oxygens (including phenoxy) is 1. The summed E-state index contributed by atoms with van der Waals surface area (Å²) in [7, 11) is 0. The number of hydrogen-bond donors (Lipinski definition) is 1. The van der Waals surface area contributed by atoms with Crippen LogP contribution < -0.4 is 10.1 Å². The zero-order valence-corrected chi connectivity index (χ0v) is 12.4. The van der Waals surface area contributed by atoms with E-state index in [1.54, 1.807) is 13.0 Å². The molecule has 0 spiro atoms. The average molecular weight is 319 g/mol. The second-order valence-electron chi connectivity index (χ2n) is 4.76. The Bertz CT molecular complexity index is 751. The van der Waals surface area contributed by atoms with E-state index in [9.17, 15) is 19.3 Å². The van der Waals surface area contributed by atoms with Crippen molar-refractivity contribution < 1.29 is 18.8 Å². The summed E-state index contributed by atoms with van der Waals surface area (Å²) in [6.07, 6.45) is -1.07. The first-order valence-electron chi connectivity index (χ1n) is 6.72. The Hall–Kier alpha value is -3.03. The predicted molar refractivity (Wildman–Crippen MR) is 80.7 cm³/mol. The van der Waals surface area contributed by atoms with Crippen LogP contribution in [0, 0.1) is 22.9 Å². The maximum absolute atomic E-state index is 13.5. The molecule has 1 aromatic carbocycles.